The summed E-state index contributed by atoms with van der Waals surface area (Å²) >= 11 is 1.21. The number of amides is 1. The van der Waals surface area contributed by atoms with E-state index < -0.39 is 0 Å². The summed E-state index contributed by atoms with van der Waals surface area (Å²) < 4.78 is 26.0. The highest BCUT2D eigenvalue weighted by atomic mass is 32.2. The summed E-state index contributed by atoms with van der Waals surface area (Å²) in [5.41, 5.74) is 0.951. The van der Waals surface area contributed by atoms with Crippen molar-refractivity contribution in [3.05, 3.63) is 48.3 Å². The number of ether oxygens (including phenoxy) is 2. The van der Waals surface area contributed by atoms with Crippen molar-refractivity contribution in [3.8, 4) is 22.9 Å². The zero-order valence-electron chi connectivity index (χ0n) is 15.6. The molecular weight excluding hydrogens is 383 g/mol. The minimum atomic E-state index is -0.374. The normalized spacial score (nSPS) is 10.6. The number of aromatic nitrogens is 3. The van der Waals surface area contributed by atoms with Crippen LogP contribution in [0.2, 0.25) is 0 Å². The fourth-order valence-electron chi connectivity index (χ4n) is 2.56. The van der Waals surface area contributed by atoms with E-state index in [1.165, 1.54) is 24.9 Å². The van der Waals surface area contributed by atoms with Crippen LogP contribution in [0, 0.1) is 5.82 Å². The number of nitrogens with one attached hydrogen (secondary N) is 1. The summed E-state index contributed by atoms with van der Waals surface area (Å²) in [5, 5.41) is 11.4. The molecule has 0 atom stereocenters. The average molecular weight is 402 g/mol. The predicted octanol–water partition coefficient (Wildman–Crippen LogP) is 3.37. The van der Waals surface area contributed by atoms with E-state index in [2.05, 4.69) is 15.5 Å². The fraction of sp³-hybridized carbons (Fsp3) is 0.211. The topological polar surface area (TPSA) is 78.3 Å². The standard InChI is InChI=1S/C19H19FN4O3S/c1-24-18(13-6-4-5-7-14(13)20)22-23-19(24)28-11-17(25)21-12-8-9-15(26-2)16(10-12)27-3/h4-10H,11H2,1-3H3,(H,21,25). The van der Waals surface area contributed by atoms with Crippen LogP contribution in [0.3, 0.4) is 0 Å². The summed E-state index contributed by atoms with van der Waals surface area (Å²) in [4.78, 5) is 12.3. The molecule has 0 saturated heterocycles. The van der Waals surface area contributed by atoms with Gasteiger partial charge in [-0.2, -0.15) is 0 Å². The fourth-order valence-corrected chi connectivity index (χ4v) is 3.27. The predicted molar refractivity (Wildman–Crippen MR) is 105 cm³/mol. The Bertz CT molecular complexity index is 993. The Morgan fingerprint density at radius 3 is 2.61 bits per heavy atom. The number of carbonyl (C=O) groups excluding carboxylic acids is 1. The van der Waals surface area contributed by atoms with Crippen molar-refractivity contribution in [2.24, 2.45) is 7.05 Å². The molecule has 1 heterocycles. The van der Waals surface area contributed by atoms with Crippen LogP contribution in [-0.2, 0) is 11.8 Å². The minimum absolute atomic E-state index is 0.123. The first kappa shape index (κ1) is 19.7. The van der Waals surface area contributed by atoms with E-state index in [0.717, 1.165) is 0 Å². The highest BCUT2D eigenvalue weighted by molar-refractivity contribution is 7.99. The van der Waals surface area contributed by atoms with Crippen LogP contribution >= 0.6 is 11.8 Å². The average Bonchev–Trinajstić information content (AvgIpc) is 3.07. The summed E-state index contributed by atoms with van der Waals surface area (Å²) in [6.07, 6.45) is 0. The summed E-state index contributed by atoms with van der Waals surface area (Å²) in [6, 6.07) is 11.5. The van der Waals surface area contributed by atoms with Crippen molar-refractivity contribution < 1.29 is 18.7 Å². The number of methoxy groups -OCH3 is 2. The number of rotatable bonds is 7. The van der Waals surface area contributed by atoms with Crippen LogP contribution < -0.4 is 14.8 Å². The molecular formula is C19H19FN4O3S. The van der Waals surface area contributed by atoms with Crippen LogP contribution in [0.5, 0.6) is 11.5 Å². The van der Waals surface area contributed by atoms with Gasteiger partial charge in [-0.15, -0.1) is 10.2 Å². The summed E-state index contributed by atoms with van der Waals surface area (Å²) in [6.45, 7) is 0. The molecule has 7 nitrogen and oxygen atoms in total. The van der Waals surface area contributed by atoms with Crippen molar-refractivity contribution in [1.82, 2.24) is 14.8 Å². The zero-order valence-corrected chi connectivity index (χ0v) is 16.4. The van der Waals surface area contributed by atoms with Gasteiger partial charge < -0.3 is 19.4 Å². The van der Waals surface area contributed by atoms with E-state index in [9.17, 15) is 9.18 Å². The van der Waals surface area contributed by atoms with Gasteiger partial charge in [0.15, 0.2) is 22.5 Å². The number of nitrogens with zero attached hydrogens (tertiary/aromatic N) is 3. The molecule has 0 aliphatic carbocycles. The molecule has 3 rings (SSSR count). The van der Waals surface area contributed by atoms with Gasteiger partial charge in [0.1, 0.15) is 5.82 Å². The van der Waals surface area contributed by atoms with Crippen LogP contribution in [0.1, 0.15) is 0 Å². The Morgan fingerprint density at radius 2 is 1.89 bits per heavy atom. The van der Waals surface area contributed by atoms with Gasteiger partial charge in [-0.1, -0.05) is 23.9 Å². The van der Waals surface area contributed by atoms with Gasteiger partial charge in [-0.25, -0.2) is 4.39 Å². The smallest absolute Gasteiger partial charge is 0.234 e. The summed E-state index contributed by atoms with van der Waals surface area (Å²) in [7, 11) is 4.81. The van der Waals surface area contributed by atoms with Crippen molar-refractivity contribution >= 4 is 23.4 Å². The molecule has 0 bridgehead atoms. The van der Waals surface area contributed by atoms with Gasteiger partial charge in [-0.3, -0.25) is 4.79 Å². The Labute approximate surface area is 165 Å². The molecule has 0 radical (unpaired) electrons. The lowest BCUT2D eigenvalue weighted by atomic mass is 10.2. The molecule has 3 aromatic rings. The molecule has 0 fully saturated rings. The number of thioether (sulfide) groups is 1. The second kappa shape index (κ2) is 8.75. The second-order valence-electron chi connectivity index (χ2n) is 5.75. The molecule has 1 aromatic heterocycles. The van der Waals surface area contributed by atoms with E-state index in [4.69, 9.17) is 9.47 Å². The largest absolute Gasteiger partial charge is 0.493 e. The minimum Gasteiger partial charge on any atom is -0.493 e. The van der Waals surface area contributed by atoms with Crippen LogP contribution in [-0.4, -0.2) is 40.6 Å². The van der Waals surface area contributed by atoms with E-state index >= 15 is 0 Å². The van der Waals surface area contributed by atoms with Gasteiger partial charge in [0.05, 0.1) is 25.5 Å². The van der Waals surface area contributed by atoms with E-state index in [1.54, 1.807) is 55.1 Å². The van der Waals surface area contributed by atoms with Gasteiger partial charge >= 0.3 is 0 Å². The van der Waals surface area contributed by atoms with Crippen molar-refractivity contribution in [1.29, 1.82) is 0 Å². The van der Waals surface area contributed by atoms with Gasteiger partial charge in [0, 0.05) is 18.8 Å². The number of carbonyl (C=O) groups is 1. The first-order valence-corrected chi connectivity index (χ1v) is 9.31. The Morgan fingerprint density at radius 1 is 1.14 bits per heavy atom. The second-order valence-corrected chi connectivity index (χ2v) is 6.69. The monoisotopic (exact) mass is 402 g/mol. The van der Waals surface area contributed by atoms with Gasteiger partial charge in [0.25, 0.3) is 0 Å². The van der Waals surface area contributed by atoms with Gasteiger partial charge in [0.2, 0.25) is 5.91 Å². The lowest BCUT2D eigenvalue weighted by Crippen LogP contribution is -2.14. The molecule has 9 heteroatoms. The lowest BCUT2D eigenvalue weighted by molar-refractivity contribution is -0.113. The van der Waals surface area contributed by atoms with E-state index in [1.807, 2.05) is 0 Å². The van der Waals surface area contributed by atoms with Crippen LogP contribution in [0.4, 0.5) is 10.1 Å². The highest BCUT2D eigenvalue weighted by Gasteiger charge is 2.15. The number of hydrogen-bond acceptors (Lipinski definition) is 6. The molecule has 0 unspecified atom stereocenters. The molecule has 0 spiro atoms. The zero-order chi connectivity index (χ0) is 20.1. The number of hydrogen-bond donors (Lipinski definition) is 1. The van der Waals surface area contributed by atoms with Crippen molar-refractivity contribution in [3.63, 3.8) is 0 Å². The van der Waals surface area contributed by atoms with Crippen LogP contribution in [0.15, 0.2) is 47.6 Å². The van der Waals surface area contributed by atoms with E-state index in [-0.39, 0.29) is 17.5 Å². The van der Waals surface area contributed by atoms with Crippen molar-refractivity contribution in [2.45, 2.75) is 5.16 Å². The first-order valence-electron chi connectivity index (χ1n) is 8.32. The lowest BCUT2D eigenvalue weighted by Gasteiger charge is -2.10. The summed E-state index contributed by atoms with van der Waals surface area (Å²) in [5.74, 6) is 1.04. The molecule has 146 valence electrons. The van der Waals surface area contributed by atoms with Crippen LogP contribution in [0.25, 0.3) is 11.4 Å². The maximum absolute atomic E-state index is 14.0. The molecule has 0 aliphatic rings. The third kappa shape index (κ3) is 4.25. The molecule has 0 saturated carbocycles. The maximum Gasteiger partial charge on any atom is 0.234 e. The molecule has 28 heavy (non-hydrogen) atoms. The molecule has 0 aliphatic heterocycles. The Hall–Kier alpha value is -3.07. The molecule has 1 N–H and O–H groups in total. The molecule has 2 aromatic carbocycles. The van der Waals surface area contributed by atoms with Crippen molar-refractivity contribution in [2.75, 3.05) is 25.3 Å². The first-order chi connectivity index (χ1) is 13.5. The Balaban J connectivity index is 1.65. The van der Waals surface area contributed by atoms with E-state index in [0.29, 0.717) is 33.7 Å². The third-order valence-electron chi connectivity index (χ3n) is 3.95. The number of halogens is 1. The maximum atomic E-state index is 14.0. The Kier molecular flexibility index (Phi) is 6.15. The number of benzene rings is 2. The molecule has 1 amide bonds. The third-order valence-corrected chi connectivity index (χ3v) is 4.97. The number of anilines is 1. The highest BCUT2D eigenvalue weighted by Crippen LogP contribution is 2.30. The quantitative estimate of drug-likeness (QED) is 0.611. The SMILES string of the molecule is COc1ccc(NC(=O)CSc2nnc(-c3ccccc3F)n2C)cc1OC. The van der Waals surface area contributed by atoms with Gasteiger partial charge in [-0.05, 0) is 24.3 Å².